The Kier molecular flexibility index (Phi) is 4.61. The molecule has 0 N–H and O–H groups in total. The third-order valence-corrected chi connectivity index (χ3v) is 4.25. The molecular formula is C22H13ClN4. The molecule has 0 atom stereocenters. The van der Waals surface area contributed by atoms with Crippen LogP contribution in [0.4, 0.5) is 0 Å². The summed E-state index contributed by atoms with van der Waals surface area (Å²) in [6.07, 6.45) is 0. The summed E-state index contributed by atoms with van der Waals surface area (Å²) in [7, 11) is 0. The number of hydrogen-bond acceptors (Lipinski definition) is 4. The van der Waals surface area contributed by atoms with Crippen LogP contribution in [0.5, 0.6) is 0 Å². The van der Waals surface area contributed by atoms with Crippen molar-refractivity contribution in [2.24, 2.45) is 0 Å². The van der Waals surface area contributed by atoms with E-state index in [1.54, 1.807) is 18.2 Å². The highest BCUT2D eigenvalue weighted by molar-refractivity contribution is 6.28. The lowest BCUT2D eigenvalue weighted by Gasteiger charge is -2.07. The van der Waals surface area contributed by atoms with Crippen LogP contribution in [0.1, 0.15) is 5.56 Å². The van der Waals surface area contributed by atoms with Gasteiger partial charge >= 0.3 is 0 Å². The first-order valence-electron chi connectivity index (χ1n) is 8.31. The van der Waals surface area contributed by atoms with E-state index >= 15 is 0 Å². The lowest BCUT2D eigenvalue weighted by atomic mass is 10.0. The molecule has 0 aliphatic rings. The fourth-order valence-electron chi connectivity index (χ4n) is 2.80. The van der Waals surface area contributed by atoms with Gasteiger partial charge in [-0.15, -0.1) is 0 Å². The predicted octanol–water partition coefficient (Wildman–Crippen LogP) is 5.40. The van der Waals surface area contributed by atoms with E-state index in [9.17, 15) is 0 Å². The van der Waals surface area contributed by atoms with Crippen molar-refractivity contribution in [2.75, 3.05) is 0 Å². The summed E-state index contributed by atoms with van der Waals surface area (Å²) in [5.41, 5.74) is 4.29. The fourth-order valence-corrected chi connectivity index (χ4v) is 2.96. The average molecular weight is 369 g/mol. The van der Waals surface area contributed by atoms with Gasteiger partial charge in [-0.3, -0.25) is 0 Å². The highest BCUT2D eigenvalue weighted by atomic mass is 35.5. The van der Waals surface area contributed by atoms with Crippen molar-refractivity contribution in [1.29, 1.82) is 5.26 Å². The zero-order valence-corrected chi connectivity index (χ0v) is 14.9. The fraction of sp³-hybridized carbons (Fsp3) is 0. The molecule has 5 heteroatoms. The zero-order chi connectivity index (χ0) is 18.6. The lowest BCUT2D eigenvalue weighted by molar-refractivity contribution is 1.07. The smallest absolute Gasteiger partial charge is 0.208 e. The lowest BCUT2D eigenvalue weighted by Crippen LogP contribution is -1.97. The minimum absolute atomic E-state index is 0.113. The molecule has 4 rings (SSSR count). The van der Waals surface area contributed by atoms with Crippen molar-refractivity contribution in [3.05, 3.63) is 89.7 Å². The van der Waals surface area contributed by atoms with Crippen LogP contribution in [0, 0.1) is 11.3 Å². The van der Waals surface area contributed by atoms with Crippen LogP contribution in [-0.2, 0) is 0 Å². The Morgan fingerprint density at radius 1 is 0.630 bits per heavy atom. The normalized spacial score (nSPS) is 10.4. The monoisotopic (exact) mass is 368 g/mol. The van der Waals surface area contributed by atoms with Crippen LogP contribution in [0.3, 0.4) is 0 Å². The van der Waals surface area contributed by atoms with Crippen LogP contribution in [-0.4, -0.2) is 15.0 Å². The summed E-state index contributed by atoms with van der Waals surface area (Å²) in [6.45, 7) is 0. The second-order valence-electron chi connectivity index (χ2n) is 5.89. The van der Waals surface area contributed by atoms with Crippen molar-refractivity contribution < 1.29 is 0 Å². The summed E-state index contributed by atoms with van der Waals surface area (Å²) >= 11 is 6.15. The van der Waals surface area contributed by atoms with Gasteiger partial charge in [-0.25, -0.2) is 4.98 Å². The molecule has 0 spiro atoms. The van der Waals surface area contributed by atoms with Gasteiger partial charge in [0.05, 0.1) is 11.6 Å². The Labute approximate surface area is 161 Å². The zero-order valence-electron chi connectivity index (χ0n) is 14.2. The molecule has 0 radical (unpaired) electrons. The molecule has 4 nitrogen and oxygen atoms in total. The van der Waals surface area contributed by atoms with E-state index in [0.29, 0.717) is 17.2 Å². The molecule has 3 aromatic carbocycles. The van der Waals surface area contributed by atoms with E-state index in [1.165, 1.54) is 0 Å². The van der Waals surface area contributed by atoms with Gasteiger partial charge in [-0.1, -0.05) is 60.7 Å². The summed E-state index contributed by atoms with van der Waals surface area (Å²) in [5, 5.41) is 9.22. The van der Waals surface area contributed by atoms with Crippen molar-refractivity contribution in [3.63, 3.8) is 0 Å². The molecule has 0 aliphatic heterocycles. The van der Waals surface area contributed by atoms with E-state index < -0.39 is 0 Å². The Morgan fingerprint density at radius 3 is 1.93 bits per heavy atom. The molecule has 4 aromatic rings. The van der Waals surface area contributed by atoms with Gasteiger partial charge in [-0.2, -0.15) is 15.2 Å². The Balaban J connectivity index is 1.79. The molecule has 0 amide bonds. The van der Waals surface area contributed by atoms with Crippen molar-refractivity contribution >= 4 is 11.6 Å². The topological polar surface area (TPSA) is 62.5 Å². The molecule has 0 saturated carbocycles. The SMILES string of the molecule is N#Cc1cccc(-c2nc(Cl)nc(-c3cccc(-c4ccccc4)c3)n2)c1. The van der Waals surface area contributed by atoms with Crippen LogP contribution in [0.2, 0.25) is 5.28 Å². The molecule has 128 valence electrons. The third-order valence-electron chi connectivity index (χ3n) is 4.09. The minimum Gasteiger partial charge on any atom is -0.208 e. The largest absolute Gasteiger partial charge is 0.226 e. The Bertz CT molecular complexity index is 1150. The second kappa shape index (κ2) is 7.36. The highest BCUT2D eigenvalue weighted by Gasteiger charge is 2.11. The van der Waals surface area contributed by atoms with Crippen LogP contribution < -0.4 is 0 Å². The maximum absolute atomic E-state index is 9.11. The first-order chi connectivity index (χ1) is 13.2. The maximum Gasteiger partial charge on any atom is 0.226 e. The summed E-state index contributed by atoms with van der Waals surface area (Å²) < 4.78 is 0. The molecule has 1 heterocycles. The van der Waals surface area contributed by atoms with E-state index in [-0.39, 0.29) is 5.28 Å². The van der Waals surface area contributed by atoms with Gasteiger partial charge in [0, 0.05) is 11.1 Å². The van der Waals surface area contributed by atoms with E-state index in [0.717, 1.165) is 22.3 Å². The van der Waals surface area contributed by atoms with Gasteiger partial charge in [0.25, 0.3) is 0 Å². The predicted molar refractivity (Wildman–Crippen MR) is 106 cm³/mol. The standard InChI is InChI=1S/C22H13ClN4/c23-22-26-20(18-10-4-6-15(12-18)14-24)25-21(27-22)19-11-5-9-17(13-19)16-7-2-1-3-8-16/h1-13H. The van der Waals surface area contributed by atoms with Crippen LogP contribution in [0.15, 0.2) is 78.9 Å². The van der Waals surface area contributed by atoms with Crippen molar-refractivity contribution in [2.45, 2.75) is 0 Å². The number of nitriles is 1. The second-order valence-corrected chi connectivity index (χ2v) is 6.23. The van der Waals surface area contributed by atoms with Gasteiger partial charge < -0.3 is 0 Å². The number of benzene rings is 3. The van der Waals surface area contributed by atoms with E-state index in [2.05, 4.69) is 33.2 Å². The maximum atomic E-state index is 9.11. The van der Waals surface area contributed by atoms with Crippen LogP contribution in [0.25, 0.3) is 33.9 Å². The van der Waals surface area contributed by atoms with Gasteiger partial charge in [-0.05, 0) is 40.9 Å². The van der Waals surface area contributed by atoms with Gasteiger partial charge in [0.2, 0.25) is 5.28 Å². The number of hydrogen-bond donors (Lipinski definition) is 0. The number of aromatic nitrogens is 3. The molecule has 1 aromatic heterocycles. The number of nitrogens with zero attached hydrogens (tertiary/aromatic N) is 4. The third kappa shape index (κ3) is 3.69. The molecule has 0 fully saturated rings. The Morgan fingerprint density at radius 2 is 1.22 bits per heavy atom. The summed E-state index contributed by atoms with van der Waals surface area (Å²) in [4.78, 5) is 13.1. The van der Waals surface area contributed by atoms with Crippen LogP contribution >= 0.6 is 11.6 Å². The average Bonchev–Trinajstić information content (AvgIpc) is 2.74. The minimum atomic E-state index is 0.113. The van der Waals surface area contributed by atoms with E-state index in [4.69, 9.17) is 16.9 Å². The molecular weight excluding hydrogens is 356 g/mol. The van der Waals surface area contributed by atoms with Crippen molar-refractivity contribution in [3.8, 4) is 40.0 Å². The number of halogens is 1. The first-order valence-corrected chi connectivity index (χ1v) is 8.69. The van der Waals surface area contributed by atoms with Crippen molar-refractivity contribution in [1.82, 2.24) is 15.0 Å². The molecule has 27 heavy (non-hydrogen) atoms. The van der Waals surface area contributed by atoms with E-state index in [1.807, 2.05) is 48.5 Å². The molecule has 0 saturated heterocycles. The first kappa shape index (κ1) is 16.9. The molecule has 0 aliphatic carbocycles. The highest BCUT2D eigenvalue weighted by Crippen LogP contribution is 2.26. The van der Waals surface area contributed by atoms with Gasteiger partial charge in [0.15, 0.2) is 11.6 Å². The number of rotatable bonds is 3. The molecule has 0 bridgehead atoms. The summed E-state index contributed by atoms with van der Waals surface area (Å²) in [5.74, 6) is 0.928. The summed E-state index contributed by atoms with van der Waals surface area (Å²) in [6, 6.07) is 27.3. The molecule has 0 unspecified atom stereocenters. The Hall–Kier alpha value is -3.55. The quantitative estimate of drug-likeness (QED) is 0.486. The van der Waals surface area contributed by atoms with Gasteiger partial charge in [0.1, 0.15) is 0 Å².